The Labute approximate surface area is 249 Å². The average Bonchev–Trinajstić information content (AvgIpc) is 2.79. The first-order chi connectivity index (χ1) is 19.3. The van der Waals surface area contributed by atoms with E-state index in [-0.39, 0.29) is 35.6 Å². The molecule has 5 rings (SSSR count). The standard InChI is InChI=1S/C29H35ClFN3O7S/c1-26(2,3)41-25(38)33-27(4,5)22(23(35)36)32-24(37)28-14-29(15-28,16-28)34-42(39,40)21-9-7-6-8-18(21)12-17-10-11-19(30)20(31)13-17/h6-11,13,22,34H,12,14-16H2,1-5H3,(H,32,37)(H,33,38)(H,35,36)/t22-,28?,29?/m0/s1. The molecule has 2 aromatic carbocycles. The van der Waals surface area contributed by atoms with Crippen LogP contribution in [0, 0.1) is 11.2 Å². The summed E-state index contributed by atoms with van der Waals surface area (Å²) in [5.74, 6) is -2.47. The van der Waals surface area contributed by atoms with Gasteiger partial charge in [-0.25, -0.2) is 27.1 Å². The number of benzene rings is 2. The lowest BCUT2D eigenvalue weighted by Crippen LogP contribution is -2.79. The van der Waals surface area contributed by atoms with Gasteiger partial charge in [0, 0.05) is 5.54 Å². The molecule has 3 aliphatic rings. The number of halogens is 2. The number of carboxylic acid groups (broad SMARTS) is 1. The van der Waals surface area contributed by atoms with Crippen molar-refractivity contribution in [1.29, 1.82) is 0 Å². The fourth-order valence-corrected chi connectivity index (χ4v) is 7.49. The molecule has 228 valence electrons. The molecule has 13 heteroatoms. The van der Waals surface area contributed by atoms with Crippen LogP contribution in [0.15, 0.2) is 47.4 Å². The van der Waals surface area contributed by atoms with E-state index in [0.29, 0.717) is 11.1 Å². The molecule has 0 radical (unpaired) electrons. The van der Waals surface area contributed by atoms with Crippen molar-refractivity contribution in [3.05, 3.63) is 64.4 Å². The second kappa shape index (κ2) is 10.8. The van der Waals surface area contributed by atoms with Crippen molar-refractivity contribution in [2.24, 2.45) is 5.41 Å². The fraction of sp³-hybridized carbons (Fsp3) is 0.483. The molecule has 3 aliphatic carbocycles. The summed E-state index contributed by atoms with van der Waals surface area (Å²) in [4.78, 5) is 37.6. The smallest absolute Gasteiger partial charge is 0.408 e. The first-order valence-electron chi connectivity index (χ1n) is 13.4. The number of sulfonamides is 1. The quantitative estimate of drug-likeness (QED) is 0.310. The summed E-state index contributed by atoms with van der Waals surface area (Å²) < 4.78 is 48.8. The Morgan fingerprint density at radius 3 is 2.26 bits per heavy atom. The van der Waals surface area contributed by atoms with Crippen LogP contribution in [0.3, 0.4) is 0 Å². The second-order valence-electron chi connectivity index (χ2n) is 12.8. The van der Waals surface area contributed by atoms with Crippen molar-refractivity contribution in [3.63, 3.8) is 0 Å². The van der Waals surface area contributed by atoms with Gasteiger partial charge in [-0.1, -0.05) is 35.9 Å². The number of hydrogen-bond donors (Lipinski definition) is 4. The maximum Gasteiger partial charge on any atom is 0.408 e. The molecule has 1 atom stereocenters. The van der Waals surface area contributed by atoms with E-state index in [2.05, 4.69) is 15.4 Å². The molecule has 3 saturated carbocycles. The Kier molecular flexibility index (Phi) is 8.16. The number of carboxylic acids is 1. The van der Waals surface area contributed by atoms with Crippen LogP contribution < -0.4 is 15.4 Å². The van der Waals surface area contributed by atoms with Crippen LogP contribution in [-0.2, 0) is 30.8 Å². The summed E-state index contributed by atoms with van der Waals surface area (Å²) in [6.45, 7) is 7.93. The molecule has 4 N–H and O–H groups in total. The minimum absolute atomic E-state index is 0.0274. The third kappa shape index (κ3) is 6.55. The summed E-state index contributed by atoms with van der Waals surface area (Å²) in [5, 5.41) is 14.9. The minimum Gasteiger partial charge on any atom is -0.480 e. The van der Waals surface area contributed by atoms with E-state index in [0.717, 1.165) is 0 Å². The lowest BCUT2D eigenvalue weighted by Gasteiger charge is -2.69. The Balaban J connectivity index is 1.41. The Morgan fingerprint density at radius 2 is 1.69 bits per heavy atom. The van der Waals surface area contributed by atoms with Gasteiger partial charge in [0.25, 0.3) is 0 Å². The fourth-order valence-electron chi connectivity index (χ4n) is 5.73. The molecule has 2 aromatic rings. The molecule has 0 heterocycles. The number of carbonyl (C=O) groups excluding carboxylic acids is 2. The zero-order valence-electron chi connectivity index (χ0n) is 24.0. The maximum absolute atomic E-state index is 14.0. The minimum atomic E-state index is -4.01. The molecule has 2 amide bonds. The van der Waals surface area contributed by atoms with E-state index in [1.165, 1.54) is 32.0 Å². The summed E-state index contributed by atoms with van der Waals surface area (Å²) >= 11 is 5.77. The number of ether oxygens (including phenoxy) is 1. The van der Waals surface area contributed by atoms with Gasteiger partial charge in [-0.05, 0) is 89.6 Å². The molecular weight excluding hydrogens is 589 g/mol. The van der Waals surface area contributed by atoms with Crippen LogP contribution in [0.1, 0.15) is 65.0 Å². The van der Waals surface area contributed by atoms with Crippen LogP contribution in [0.4, 0.5) is 9.18 Å². The van der Waals surface area contributed by atoms with Crippen molar-refractivity contribution in [2.75, 3.05) is 0 Å². The van der Waals surface area contributed by atoms with Crippen molar-refractivity contribution in [3.8, 4) is 0 Å². The van der Waals surface area contributed by atoms with E-state index < -0.39 is 61.9 Å². The van der Waals surface area contributed by atoms with E-state index in [1.54, 1.807) is 45.0 Å². The molecule has 10 nitrogen and oxygen atoms in total. The van der Waals surface area contributed by atoms with Crippen LogP contribution in [0.5, 0.6) is 0 Å². The Bertz CT molecular complexity index is 1520. The molecule has 0 spiro atoms. The lowest BCUT2D eigenvalue weighted by molar-refractivity contribution is -0.178. The molecule has 0 saturated heterocycles. The number of rotatable bonds is 10. The number of aliphatic carboxylic acids is 1. The van der Waals surface area contributed by atoms with E-state index in [4.69, 9.17) is 16.3 Å². The van der Waals surface area contributed by atoms with Crippen LogP contribution in [0.25, 0.3) is 0 Å². The normalized spacial score (nSPS) is 22.3. The van der Waals surface area contributed by atoms with Gasteiger partial charge in [0.2, 0.25) is 15.9 Å². The first kappa shape index (κ1) is 31.7. The lowest BCUT2D eigenvalue weighted by atomic mass is 9.39. The molecule has 0 aromatic heterocycles. The summed E-state index contributed by atoms with van der Waals surface area (Å²) in [6, 6.07) is 9.24. The number of alkyl carbamates (subject to hydrolysis) is 1. The van der Waals surface area contributed by atoms with Crippen molar-refractivity contribution in [1.82, 2.24) is 15.4 Å². The Morgan fingerprint density at radius 1 is 1.07 bits per heavy atom. The highest BCUT2D eigenvalue weighted by molar-refractivity contribution is 7.89. The number of amides is 2. The van der Waals surface area contributed by atoms with E-state index in [1.807, 2.05) is 0 Å². The van der Waals surface area contributed by atoms with Crippen LogP contribution in [-0.4, -0.2) is 54.2 Å². The van der Waals surface area contributed by atoms with Gasteiger partial charge in [-0.2, -0.15) is 0 Å². The highest BCUT2D eigenvalue weighted by Crippen LogP contribution is 2.67. The van der Waals surface area contributed by atoms with E-state index in [9.17, 15) is 32.3 Å². The summed E-state index contributed by atoms with van der Waals surface area (Å²) in [6.07, 6.45) is -0.0757. The van der Waals surface area contributed by atoms with Crippen molar-refractivity contribution >= 4 is 39.6 Å². The third-order valence-corrected chi connectivity index (χ3v) is 9.56. The number of nitrogens with one attached hydrogen (secondary N) is 3. The molecule has 2 bridgehead atoms. The number of carbonyl (C=O) groups is 3. The monoisotopic (exact) mass is 623 g/mol. The third-order valence-electron chi connectivity index (χ3n) is 7.57. The number of hydrogen-bond acceptors (Lipinski definition) is 6. The molecular formula is C29H35ClFN3O7S. The van der Waals surface area contributed by atoms with Gasteiger partial charge in [0.1, 0.15) is 17.5 Å². The van der Waals surface area contributed by atoms with Crippen LogP contribution in [0.2, 0.25) is 5.02 Å². The summed E-state index contributed by atoms with van der Waals surface area (Å²) in [7, 11) is -4.01. The van der Waals surface area contributed by atoms with Crippen LogP contribution >= 0.6 is 11.6 Å². The second-order valence-corrected chi connectivity index (χ2v) is 14.9. The van der Waals surface area contributed by atoms with Crippen molar-refractivity contribution < 1.29 is 37.0 Å². The SMILES string of the molecule is CC(C)(C)OC(=O)NC(C)(C)[C@@H](NC(=O)C12CC(NS(=O)(=O)c3ccccc3Cc3ccc(Cl)c(F)c3)(C1)C2)C(=O)O. The predicted octanol–water partition coefficient (Wildman–Crippen LogP) is 4.14. The average molecular weight is 624 g/mol. The van der Waals surface area contributed by atoms with Gasteiger partial charge in [0.15, 0.2) is 0 Å². The van der Waals surface area contributed by atoms with Gasteiger partial charge in [-0.3, -0.25) is 4.79 Å². The topological polar surface area (TPSA) is 151 Å². The van der Waals surface area contributed by atoms with Crippen molar-refractivity contribution in [2.45, 2.75) is 87.9 Å². The van der Waals surface area contributed by atoms with Gasteiger partial charge >= 0.3 is 12.1 Å². The Hall–Kier alpha value is -3.22. The first-order valence-corrected chi connectivity index (χ1v) is 15.2. The zero-order chi connectivity index (χ0) is 31.3. The molecule has 3 fully saturated rings. The van der Waals surface area contributed by atoms with Gasteiger partial charge < -0.3 is 20.5 Å². The maximum atomic E-state index is 14.0. The zero-order valence-corrected chi connectivity index (χ0v) is 25.6. The van der Waals surface area contributed by atoms with Gasteiger partial charge in [0.05, 0.1) is 20.9 Å². The predicted molar refractivity (Wildman–Crippen MR) is 153 cm³/mol. The molecule has 0 unspecified atom stereocenters. The highest BCUT2D eigenvalue weighted by atomic mass is 35.5. The van der Waals surface area contributed by atoms with Gasteiger partial charge in [-0.15, -0.1) is 0 Å². The largest absolute Gasteiger partial charge is 0.480 e. The summed E-state index contributed by atoms with van der Waals surface area (Å²) in [5.41, 5.74) is -2.93. The van der Waals surface area contributed by atoms with E-state index >= 15 is 0 Å². The molecule has 0 aliphatic heterocycles. The molecule has 42 heavy (non-hydrogen) atoms. The highest BCUT2D eigenvalue weighted by Gasteiger charge is 2.73.